The van der Waals surface area contributed by atoms with Gasteiger partial charge in [0.15, 0.2) is 0 Å². The van der Waals surface area contributed by atoms with Crippen LogP contribution in [-0.4, -0.2) is 31.9 Å². The Morgan fingerprint density at radius 2 is 1.80 bits per heavy atom. The second kappa shape index (κ2) is 6.20. The van der Waals surface area contributed by atoms with Crippen LogP contribution >= 0.6 is 23.2 Å². The van der Waals surface area contributed by atoms with Gasteiger partial charge in [-0.1, -0.05) is 23.2 Å². The van der Waals surface area contributed by atoms with Gasteiger partial charge in [0.25, 0.3) is 0 Å². The van der Waals surface area contributed by atoms with Gasteiger partial charge < -0.3 is 5.73 Å². The van der Waals surface area contributed by atoms with Crippen molar-refractivity contribution in [3.63, 3.8) is 0 Å². The molecule has 1 fully saturated rings. The molecular weight excluding hydrogens is 319 g/mol. The molecule has 0 aliphatic heterocycles. The van der Waals surface area contributed by atoms with Crippen molar-refractivity contribution in [1.82, 2.24) is 4.31 Å². The van der Waals surface area contributed by atoms with Crippen LogP contribution in [0, 0.1) is 0 Å². The van der Waals surface area contributed by atoms with Gasteiger partial charge in [0.2, 0.25) is 10.0 Å². The number of hydrogen-bond donors (Lipinski definition) is 1. The first-order valence-corrected chi connectivity index (χ1v) is 8.70. The van der Waals surface area contributed by atoms with Crippen LogP contribution in [0.2, 0.25) is 10.0 Å². The van der Waals surface area contributed by atoms with Crippen LogP contribution in [0.4, 0.5) is 0 Å². The standard InChI is InChI=1S/C13H18Cl2N2O2S/c1-17(11-5-3-10(16)4-6-11)20(18,19)13-8-9(14)2-7-12(13)15/h2,7-8,10-11H,3-6,16H2,1H3. The molecule has 2 N–H and O–H groups in total. The molecule has 1 aliphatic rings. The number of nitrogens with zero attached hydrogens (tertiary/aromatic N) is 1. The van der Waals surface area contributed by atoms with Crippen molar-refractivity contribution in [2.75, 3.05) is 7.05 Å². The quantitative estimate of drug-likeness (QED) is 0.922. The maximum atomic E-state index is 12.6. The van der Waals surface area contributed by atoms with E-state index in [0.29, 0.717) is 5.02 Å². The molecule has 0 spiro atoms. The van der Waals surface area contributed by atoms with Crippen LogP contribution in [0.25, 0.3) is 0 Å². The van der Waals surface area contributed by atoms with Crippen LogP contribution in [-0.2, 0) is 10.0 Å². The van der Waals surface area contributed by atoms with Crippen molar-refractivity contribution in [2.24, 2.45) is 5.73 Å². The highest BCUT2D eigenvalue weighted by Crippen LogP contribution is 2.31. The second-order valence-corrected chi connectivity index (χ2v) is 7.97. The van der Waals surface area contributed by atoms with Gasteiger partial charge in [-0.25, -0.2) is 8.42 Å². The highest BCUT2D eigenvalue weighted by atomic mass is 35.5. The Morgan fingerprint density at radius 3 is 2.40 bits per heavy atom. The smallest absolute Gasteiger partial charge is 0.244 e. The molecule has 1 aromatic rings. The van der Waals surface area contributed by atoms with E-state index >= 15 is 0 Å². The summed E-state index contributed by atoms with van der Waals surface area (Å²) in [5.41, 5.74) is 5.85. The highest BCUT2D eigenvalue weighted by molar-refractivity contribution is 7.89. The summed E-state index contributed by atoms with van der Waals surface area (Å²) >= 11 is 11.9. The molecule has 0 radical (unpaired) electrons. The average molecular weight is 337 g/mol. The summed E-state index contributed by atoms with van der Waals surface area (Å²) in [6, 6.07) is 4.61. The first kappa shape index (κ1) is 16.0. The average Bonchev–Trinajstić information content (AvgIpc) is 2.41. The van der Waals surface area contributed by atoms with Gasteiger partial charge in [-0.3, -0.25) is 0 Å². The van der Waals surface area contributed by atoms with Crippen molar-refractivity contribution >= 4 is 33.2 Å². The van der Waals surface area contributed by atoms with E-state index in [4.69, 9.17) is 28.9 Å². The Kier molecular flexibility index (Phi) is 4.97. The van der Waals surface area contributed by atoms with E-state index in [1.165, 1.54) is 16.4 Å². The predicted molar refractivity (Wildman–Crippen MR) is 81.6 cm³/mol. The Morgan fingerprint density at radius 1 is 1.20 bits per heavy atom. The van der Waals surface area contributed by atoms with Gasteiger partial charge in [-0.2, -0.15) is 4.31 Å². The lowest BCUT2D eigenvalue weighted by Gasteiger charge is -2.32. The summed E-state index contributed by atoms with van der Waals surface area (Å²) < 4.78 is 26.7. The van der Waals surface area contributed by atoms with Gasteiger partial charge in [-0.05, 0) is 43.9 Å². The fourth-order valence-corrected chi connectivity index (χ4v) is 4.64. The number of hydrogen-bond acceptors (Lipinski definition) is 3. The summed E-state index contributed by atoms with van der Waals surface area (Å²) in [6.45, 7) is 0. The maximum Gasteiger partial charge on any atom is 0.244 e. The minimum atomic E-state index is -3.63. The maximum absolute atomic E-state index is 12.6. The number of benzene rings is 1. The van der Waals surface area contributed by atoms with Crippen molar-refractivity contribution in [1.29, 1.82) is 0 Å². The van der Waals surface area contributed by atoms with E-state index in [-0.39, 0.29) is 22.0 Å². The Bertz CT molecular complexity index is 584. The van der Waals surface area contributed by atoms with E-state index in [0.717, 1.165) is 25.7 Å². The predicted octanol–water partition coefficient (Wildman–Crippen LogP) is 2.88. The van der Waals surface area contributed by atoms with Crippen LogP contribution in [0.3, 0.4) is 0 Å². The lowest BCUT2D eigenvalue weighted by Crippen LogP contribution is -2.41. The van der Waals surface area contributed by atoms with E-state index < -0.39 is 10.0 Å². The zero-order valence-electron chi connectivity index (χ0n) is 11.2. The number of rotatable bonds is 3. The number of sulfonamides is 1. The Hall–Kier alpha value is -0.330. The molecule has 1 aromatic carbocycles. The van der Waals surface area contributed by atoms with Crippen LogP contribution in [0.5, 0.6) is 0 Å². The van der Waals surface area contributed by atoms with Gasteiger partial charge >= 0.3 is 0 Å². The van der Waals surface area contributed by atoms with E-state index in [1.807, 2.05) is 0 Å². The molecule has 20 heavy (non-hydrogen) atoms. The summed E-state index contributed by atoms with van der Waals surface area (Å²) in [4.78, 5) is 0.0593. The molecular formula is C13H18Cl2N2O2S. The van der Waals surface area contributed by atoms with Crippen molar-refractivity contribution < 1.29 is 8.42 Å². The molecule has 112 valence electrons. The minimum absolute atomic E-state index is 0.0325. The lowest BCUT2D eigenvalue weighted by molar-refractivity contribution is 0.268. The van der Waals surface area contributed by atoms with E-state index in [2.05, 4.69) is 0 Å². The fourth-order valence-electron chi connectivity index (χ4n) is 2.49. The summed E-state index contributed by atoms with van der Waals surface area (Å²) in [5, 5.41) is 0.542. The summed E-state index contributed by atoms with van der Waals surface area (Å²) in [5.74, 6) is 0. The second-order valence-electron chi connectivity index (χ2n) is 5.16. The number of halogens is 2. The molecule has 0 heterocycles. The molecule has 7 heteroatoms. The van der Waals surface area contributed by atoms with Crippen molar-refractivity contribution in [2.45, 2.75) is 42.7 Å². The lowest BCUT2D eigenvalue weighted by atomic mass is 9.92. The van der Waals surface area contributed by atoms with Crippen LogP contribution in [0.15, 0.2) is 23.1 Å². The molecule has 1 saturated carbocycles. The molecule has 2 rings (SSSR count). The third-order valence-electron chi connectivity index (χ3n) is 3.81. The Balaban J connectivity index is 2.27. The van der Waals surface area contributed by atoms with Crippen molar-refractivity contribution in [3.8, 4) is 0 Å². The topological polar surface area (TPSA) is 63.4 Å². The first-order chi connectivity index (χ1) is 9.32. The summed E-state index contributed by atoms with van der Waals surface area (Å²) in [7, 11) is -2.04. The third-order valence-corrected chi connectivity index (χ3v) is 6.43. The van der Waals surface area contributed by atoms with Crippen LogP contribution in [0.1, 0.15) is 25.7 Å². The fraction of sp³-hybridized carbons (Fsp3) is 0.538. The Labute approximate surface area is 129 Å². The molecule has 0 atom stereocenters. The molecule has 0 unspecified atom stereocenters. The largest absolute Gasteiger partial charge is 0.328 e. The molecule has 0 amide bonds. The van der Waals surface area contributed by atoms with Gasteiger partial charge in [0.05, 0.1) is 5.02 Å². The van der Waals surface area contributed by atoms with Gasteiger partial charge in [0, 0.05) is 24.2 Å². The zero-order chi connectivity index (χ0) is 14.9. The van der Waals surface area contributed by atoms with E-state index in [1.54, 1.807) is 13.1 Å². The molecule has 0 saturated heterocycles. The van der Waals surface area contributed by atoms with E-state index in [9.17, 15) is 8.42 Å². The molecule has 4 nitrogen and oxygen atoms in total. The SMILES string of the molecule is CN(C1CCC(N)CC1)S(=O)(=O)c1cc(Cl)ccc1Cl. The minimum Gasteiger partial charge on any atom is -0.328 e. The molecule has 1 aliphatic carbocycles. The summed E-state index contributed by atoms with van der Waals surface area (Å²) in [6.07, 6.45) is 3.23. The van der Waals surface area contributed by atoms with Gasteiger partial charge in [-0.15, -0.1) is 0 Å². The van der Waals surface area contributed by atoms with Gasteiger partial charge in [0.1, 0.15) is 4.90 Å². The monoisotopic (exact) mass is 336 g/mol. The zero-order valence-corrected chi connectivity index (χ0v) is 13.5. The first-order valence-electron chi connectivity index (χ1n) is 6.51. The van der Waals surface area contributed by atoms with Crippen molar-refractivity contribution in [3.05, 3.63) is 28.2 Å². The van der Waals surface area contributed by atoms with Crippen LogP contribution < -0.4 is 5.73 Å². The number of nitrogens with two attached hydrogens (primary N) is 1. The highest BCUT2D eigenvalue weighted by Gasteiger charge is 2.32. The third kappa shape index (κ3) is 3.28. The molecule has 0 aromatic heterocycles. The normalized spacial score (nSPS) is 24.1. The molecule has 0 bridgehead atoms.